The molecule has 1 heterocycles. The summed E-state index contributed by atoms with van der Waals surface area (Å²) >= 11 is 10.7. The Morgan fingerprint density at radius 3 is 2.06 bits per heavy atom. The van der Waals surface area contributed by atoms with E-state index in [2.05, 4.69) is 47.8 Å². The number of aliphatic hydroxyl groups excluding tert-OH is 1. The molecule has 0 radical (unpaired) electrons. The van der Waals surface area contributed by atoms with Gasteiger partial charge in [-0.05, 0) is 50.1 Å². The fourth-order valence-electron chi connectivity index (χ4n) is 1.45. The highest BCUT2D eigenvalue weighted by Gasteiger charge is 2.22. The van der Waals surface area contributed by atoms with Crippen LogP contribution in [0.5, 0.6) is 0 Å². The zero-order chi connectivity index (χ0) is 13.4. The van der Waals surface area contributed by atoms with Gasteiger partial charge in [0.2, 0.25) is 0 Å². The highest BCUT2D eigenvalue weighted by atomic mass is 79.9. The zero-order valence-corrected chi connectivity index (χ0v) is 14.1. The first kappa shape index (κ1) is 14.6. The molecule has 0 amide bonds. The molecule has 1 N–H and O–H groups in total. The zero-order valence-electron chi connectivity index (χ0n) is 8.55. The number of hydrogen-bond acceptors (Lipinski definition) is 2. The lowest BCUT2D eigenvalue weighted by molar-refractivity contribution is 0.212. The smallest absolute Gasteiger partial charge is 0.133 e. The third-order valence-electron chi connectivity index (χ3n) is 2.25. The van der Waals surface area contributed by atoms with Crippen LogP contribution < -0.4 is 0 Å². The third kappa shape index (κ3) is 2.85. The summed E-state index contributed by atoms with van der Waals surface area (Å²) in [6, 6.07) is 3.87. The molecule has 0 aliphatic carbocycles. The van der Waals surface area contributed by atoms with Gasteiger partial charge in [-0.15, -0.1) is 11.3 Å². The first-order valence-corrected chi connectivity index (χ1v) is 7.87. The normalized spacial score (nSPS) is 12.8. The second kappa shape index (κ2) is 5.66. The van der Waals surface area contributed by atoms with Gasteiger partial charge < -0.3 is 5.11 Å². The third-order valence-corrected chi connectivity index (χ3v) is 6.02. The van der Waals surface area contributed by atoms with E-state index in [0.717, 1.165) is 20.4 Å². The molecule has 96 valence electrons. The number of hydrogen-bond donors (Lipinski definition) is 1. The van der Waals surface area contributed by atoms with Gasteiger partial charge in [-0.3, -0.25) is 0 Å². The summed E-state index contributed by atoms with van der Waals surface area (Å²) < 4.78 is 29.2. The molecule has 0 saturated heterocycles. The van der Waals surface area contributed by atoms with Crippen LogP contribution in [-0.2, 0) is 0 Å². The average molecular weight is 463 g/mol. The van der Waals surface area contributed by atoms with Crippen LogP contribution in [0.2, 0.25) is 0 Å². The summed E-state index contributed by atoms with van der Waals surface area (Å²) in [7, 11) is 0. The second-order valence-corrected chi connectivity index (χ2v) is 7.63. The largest absolute Gasteiger partial charge is 0.383 e. The van der Waals surface area contributed by atoms with E-state index in [-0.39, 0.29) is 5.56 Å². The molecule has 0 aliphatic heterocycles. The fraction of sp³-hybridized carbons (Fsp3) is 0.0909. The quantitative estimate of drug-likeness (QED) is 0.634. The van der Waals surface area contributed by atoms with Gasteiger partial charge in [0.15, 0.2) is 0 Å². The Hall–Kier alpha value is 0.180. The maximum absolute atomic E-state index is 13.7. The van der Waals surface area contributed by atoms with E-state index in [4.69, 9.17) is 0 Å². The van der Waals surface area contributed by atoms with Gasteiger partial charge in [-0.2, -0.15) is 0 Å². The fourth-order valence-corrected chi connectivity index (χ4v) is 3.94. The van der Waals surface area contributed by atoms with Crippen LogP contribution in [0.1, 0.15) is 16.5 Å². The predicted molar refractivity (Wildman–Crippen MR) is 77.8 cm³/mol. The van der Waals surface area contributed by atoms with Crippen molar-refractivity contribution in [1.29, 1.82) is 0 Å². The number of benzene rings is 1. The highest BCUT2D eigenvalue weighted by molar-refractivity contribution is 9.13. The lowest BCUT2D eigenvalue weighted by atomic mass is 10.1. The van der Waals surface area contributed by atoms with Crippen LogP contribution in [0.3, 0.4) is 0 Å². The second-order valence-electron chi connectivity index (χ2n) is 3.46. The molecule has 0 bridgehead atoms. The van der Waals surface area contributed by atoms with Crippen molar-refractivity contribution in [3.8, 4) is 0 Å². The van der Waals surface area contributed by atoms with Gasteiger partial charge in [-0.1, -0.05) is 15.9 Å². The molecule has 1 atom stereocenters. The Balaban J connectivity index is 2.49. The first-order valence-electron chi connectivity index (χ1n) is 4.67. The van der Waals surface area contributed by atoms with Crippen LogP contribution in [0.15, 0.2) is 30.9 Å². The molecule has 1 aromatic heterocycles. The Kier molecular flexibility index (Phi) is 4.59. The molecule has 2 rings (SSSR count). The molecular formula is C11H5Br3F2OS. The topological polar surface area (TPSA) is 20.2 Å². The summed E-state index contributed by atoms with van der Waals surface area (Å²) in [5, 5.41) is 10.1. The van der Waals surface area contributed by atoms with Gasteiger partial charge in [0.25, 0.3) is 0 Å². The Morgan fingerprint density at radius 1 is 1.06 bits per heavy atom. The van der Waals surface area contributed by atoms with E-state index in [9.17, 15) is 13.9 Å². The summed E-state index contributed by atoms with van der Waals surface area (Å²) in [5.74, 6) is -1.56. The van der Waals surface area contributed by atoms with E-state index >= 15 is 0 Å². The molecule has 0 fully saturated rings. The Morgan fingerprint density at radius 2 is 1.61 bits per heavy atom. The lowest BCUT2D eigenvalue weighted by Crippen LogP contribution is -2.04. The van der Waals surface area contributed by atoms with Crippen molar-refractivity contribution in [3.05, 3.63) is 53.0 Å². The van der Waals surface area contributed by atoms with Crippen molar-refractivity contribution in [1.82, 2.24) is 0 Å². The summed E-state index contributed by atoms with van der Waals surface area (Å²) in [5.41, 5.74) is -0.348. The first-order chi connectivity index (χ1) is 8.40. The van der Waals surface area contributed by atoms with Crippen LogP contribution >= 0.6 is 59.1 Å². The molecule has 1 nitrogen and oxygen atoms in total. The molecular weight excluding hydrogens is 458 g/mol. The van der Waals surface area contributed by atoms with Crippen LogP contribution in [0.4, 0.5) is 8.78 Å². The van der Waals surface area contributed by atoms with Crippen molar-refractivity contribution < 1.29 is 13.9 Å². The van der Waals surface area contributed by atoms with Gasteiger partial charge in [0, 0.05) is 13.8 Å². The van der Waals surface area contributed by atoms with Gasteiger partial charge >= 0.3 is 0 Å². The highest BCUT2D eigenvalue weighted by Crippen LogP contribution is 2.39. The van der Waals surface area contributed by atoms with Crippen molar-refractivity contribution in [2.24, 2.45) is 0 Å². The maximum Gasteiger partial charge on any atom is 0.133 e. The minimum atomic E-state index is -1.33. The minimum Gasteiger partial charge on any atom is -0.383 e. The Bertz CT molecular complexity index is 557. The molecule has 18 heavy (non-hydrogen) atoms. The SMILES string of the molecule is OC(c1cc(Br)c(Br)s1)c1c(F)cc(Br)cc1F. The monoisotopic (exact) mass is 460 g/mol. The van der Waals surface area contributed by atoms with Gasteiger partial charge in [-0.25, -0.2) is 8.78 Å². The average Bonchev–Trinajstić information content (AvgIpc) is 2.57. The molecule has 0 aliphatic rings. The number of rotatable bonds is 2. The molecule has 2 aromatic rings. The number of aliphatic hydroxyl groups is 1. The van der Waals surface area contributed by atoms with Gasteiger partial charge in [0.1, 0.15) is 17.7 Å². The molecule has 0 saturated carbocycles. The lowest BCUT2D eigenvalue weighted by Gasteiger charge is -2.11. The van der Waals surface area contributed by atoms with E-state index < -0.39 is 17.7 Å². The van der Waals surface area contributed by atoms with Crippen molar-refractivity contribution in [2.45, 2.75) is 6.10 Å². The summed E-state index contributed by atoms with van der Waals surface area (Å²) in [6.07, 6.45) is -1.33. The van der Waals surface area contributed by atoms with E-state index in [1.54, 1.807) is 6.07 Å². The summed E-state index contributed by atoms with van der Waals surface area (Å²) in [4.78, 5) is 0.453. The minimum absolute atomic E-state index is 0.294. The van der Waals surface area contributed by atoms with Gasteiger partial charge in [0.05, 0.1) is 9.35 Å². The molecule has 1 aromatic carbocycles. The van der Waals surface area contributed by atoms with Crippen molar-refractivity contribution >= 4 is 59.1 Å². The maximum atomic E-state index is 13.7. The number of thiophene rings is 1. The van der Waals surface area contributed by atoms with E-state index in [1.807, 2.05) is 0 Å². The predicted octanol–water partition coefficient (Wildman–Crippen LogP) is 5.40. The van der Waals surface area contributed by atoms with Crippen LogP contribution in [0.25, 0.3) is 0 Å². The molecule has 7 heteroatoms. The number of halogens is 5. The molecule has 0 spiro atoms. The standard InChI is InChI=1S/C11H5Br3F2OS/c12-4-1-6(15)9(7(16)2-4)10(17)8-3-5(13)11(14)18-8/h1-3,10,17H. The molecule has 1 unspecified atom stereocenters. The van der Waals surface area contributed by atoms with Crippen molar-refractivity contribution in [3.63, 3.8) is 0 Å². The Labute approximate surface area is 131 Å². The van der Waals surface area contributed by atoms with Crippen molar-refractivity contribution in [2.75, 3.05) is 0 Å². The van der Waals surface area contributed by atoms with E-state index in [0.29, 0.717) is 9.35 Å². The van der Waals surface area contributed by atoms with Crippen LogP contribution in [-0.4, -0.2) is 5.11 Å². The summed E-state index contributed by atoms with van der Waals surface area (Å²) in [6.45, 7) is 0. The van der Waals surface area contributed by atoms with Crippen LogP contribution in [0, 0.1) is 11.6 Å². The van der Waals surface area contributed by atoms with E-state index in [1.165, 1.54) is 11.3 Å².